The molecular formula is C9H19ClN2O2S. The standard InChI is InChI=1S/C9H18N2O2S.ClH/c1-7-6-11(3-4-14-7)9(12)8(5-10)13-2;/h7-8H,3-6,10H2,1-2H3;1H. The molecule has 4 nitrogen and oxygen atoms in total. The van der Waals surface area contributed by atoms with E-state index in [0.717, 1.165) is 18.8 Å². The van der Waals surface area contributed by atoms with E-state index in [4.69, 9.17) is 10.5 Å². The zero-order chi connectivity index (χ0) is 10.6. The van der Waals surface area contributed by atoms with Gasteiger partial charge in [-0.3, -0.25) is 4.79 Å². The van der Waals surface area contributed by atoms with Crippen LogP contribution in [-0.4, -0.2) is 54.7 Å². The van der Waals surface area contributed by atoms with Gasteiger partial charge in [-0.1, -0.05) is 6.92 Å². The van der Waals surface area contributed by atoms with Crippen molar-refractivity contribution in [2.24, 2.45) is 5.73 Å². The lowest BCUT2D eigenvalue weighted by Gasteiger charge is -2.32. The second kappa shape index (κ2) is 7.33. The topological polar surface area (TPSA) is 55.6 Å². The third-order valence-corrected chi connectivity index (χ3v) is 3.46. The summed E-state index contributed by atoms with van der Waals surface area (Å²) in [5.41, 5.74) is 5.45. The van der Waals surface area contributed by atoms with E-state index in [9.17, 15) is 4.79 Å². The monoisotopic (exact) mass is 254 g/mol. The molecule has 2 unspecified atom stereocenters. The predicted octanol–water partition coefficient (Wildman–Crippen LogP) is 0.346. The van der Waals surface area contributed by atoms with Gasteiger partial charge in [0.05, 0.1) is 0 Å². The van der Waals surface area contributed by atoms with E-state index in [1.807, 2.05) is 16.7 Å². The van der Waals surface area contributed by atoms with Gasteiger partial charge >= 0.3 is 0 Å². The highest BCUT2D eigenvalue weighted by atomic mass is 35.5. The minimum absolute atomic E-state index is 0. The van der Waals surface area contributed by atoms with E-state index in [1.54, 1.807) is 0 Å². The first kappa shape index (κ1) is 15.0. The number of amides is 1. The number of halogens is 1. The van der Waals surface area contributed by atoms with Crippen LogP contribution in [0.3, 0.4) is 0 Å². The maximum Gasteiger partial charge on any atom is 0.253 e. The van der Waals surface area contributed by atoms with E-state index in [0.29, 0.717) is 5.25 Å². The zero-order valence-electron chi connectivity index (χ0n) is 9.14. The molecule has 1 fully saturated rings. The molecule has 1 amide bonds. The average molecular weight is 255 g/mol. The highest BCUT2D eigenvalue weighted by molar-refractivity contribution is 7.99. The van der Waals surface area contributed by atoms with Gasteiger partial charge in [0.15, 0.2) is 0 Å². The summed E-state index contributed by atoms with van der Waals surface area (Å²) in [7, 11) is 1.53. The van der Waals surface area contributed by atoms with Gasteiger partial charge in [-0.2, -0.15) is 11.8 Å². The number of nitrogens with zero attached hydrogens (tertiary/aromatic N) is 1. The van der Waals surface area contributed by atoms with Crippen molar-refractivity contribution in [3.63, 3.8) is 0 Å². The van der Waals surface area contributed by atoms with Gasteiger partial charge in [0.25, 0.3) is 5.91 Å². The molecule has 90 valence electrons. The second-order valence-electron chi connectivity index (χ2n) is 3.43. The van der Waals surface area contributed by atoms with Crippen LogP contribution >= 0.6 is 24.2 Å². The Morgan fingerprint density at radius 1 is 1.73 bits per heavy atom. The first-order valence-corrected chi connectivity index (χ1v) is 5.87. The van der Waals surface area contributed by atoms with Gasteiger partial charge < -0.3 is 15.4 Å². The van der Waals surface area contributed by atoms with E-state index < -0.39 is 6.10 Å². The fraction of sp³-hybridized carbons (Fsp3) is 0.889. The molecule has 15 heavy (non-hydrogen) atoms. The summed E-state index contributed by atoms with van der Waals surface area (Å²) >= 11 is 1.90. The Morgan fingerprint density at radius 3 is 2.87 bits per heavy atom. The van der Waals surface area contributed by atoms with E-state index in [-0.39, 0.29) is 24.9 Å². The Morgan fingerprint density at radius 2 is 2.40 bits per heavy atom. The molecule has 1 rings (SSSR count). The van der Waals surface area contributed by atoms with Gasteiger partial charge in [-0.15, -0.1) is 12.4 Å². The Hall–Kier alpha value is 0.0300. The minimum Gasteiger partial charge on any atom is -0.370 e. The van der Waals surface area contributed by atoms with Crippen molar-refractivity contribution < 1.29 is 9.53 Å². The van der Waals surface area contributed by atoms with Crippen LogP contribution in [0.2, 0.25) is 0 Å². The smallest absolute Gasteiger partial charge is 0.253 e. The normalized spacial score (nSPS) is 23.1. The lowest BCUT2D eigenvalue weighted by Crippen LogP contribution is -2.48. The summed E-state index contributed by atoms with van der Waals surface area (Å²) in [4.78, 5) is 13.7. The van der Waals surface area contributed by atoms with E-state index in [1.165, 1.54) is 7.11 Å². The van der Waals surface area contributed by atoms with Crippen molar-refractivity contribution in [2.75, 3.05) is 32.5 Å². The van der Waals surface area contributed by atoms with Gasteiger partial charge in [0.2, 0.25) is 0 Å². The third kappa shape index (κ3) is 4.18. The molecule has 2 atom stereocenters. The Balaban J connectivity index is 0.00000196. The fourth-order valence-electron chi connectivity index (χ4n) is 1.52. The number of thioether (sulfide) groups is 1. The lowest BCUT2D eigenvalue weighted by atomic mass is 10.2. The molecule has 0 spiro atoms. The van der Waals surface area contributed by atoms with Crippen molar-refractivity contribution >= 4 is 30.1 Å². The number of methoxy groups -OCH3 is 1. The third-order valence-electron chi connectivity index (χ3n) is 2.33. The van der Waals surface area contributed by atoms with Crippen LogP contribution in [0.15, 0.2) is 0 Å². The van der Waals surface area contributed by atoms with Crippen molar-refractivity contribution in [3.8, 4) is 0 Å². The molecular weight excluding hydrogens is 236 g/mol. The molecule has 0 aromatic carbocycles. The number of ether oxygens (including phenoxy) is 1. The number of nitrogens with two attached hydrogens (primary N) is 1. The second-order valence-corrected chi connectivity index (χ2v) is 4.97. The zero-order valence-corrected chi connectivity index (χ0v) is 10.8. The average Bonchev–Trinajstić information content (AvgIpc) is 2.19. The molecule has 0 saturated carbocycles. The highest BCUT2D eigenvalue weighted by Gasteiger charge is 2.26. The maximum atomic E-state index is 11.8. The van der Waals surface area contributed by atoms with Crippen LogP contribution in [0.1, 0.15) is 6.92 Å². The maximum absolute atomic E-state index is 11.8. The van der Waals surface area contributed by atoms with Crippen molar-refractivity contribution in [3.05, 3.63) is 0 Å². The number of carbonyl (C=O) groups is 1. The molecule has 2 N–H and O–H groups in total. The molecule has 0 aromatic heterocycles. The van der Waals surface area contributed by atoms with Crippen molar-refractivity contribution in [1.29, 1.82) is 0 Å². The van der Waals surface area contributed by atoms with Crippen molar-refractivity contribution in [2.45, 2.75) is 18.3 Å². The van der Waals surface area contributed by atoms with Gasteiger partial charge in [-0.25, -0.2) is 0 Å². The van der Waals surface area contributed by atoms with E-state index in [2.05, 4.69) is 6.92 Å². The quantitative estimate of drug-likeness (QED) is 0.790. The SMILES string of the molecule is COC(CN)C(=O)N1CCSC(C)C1.Cl. The number of rotatable bonds is 3. The Bertz CT molecular complexity index is 203. The highest BCUT2D eigenvalue weighted by Crippen LogP contribution is 2.18. The Labute approximate surface area is 101 Å². The number of hydrogen-bond donors (Lipinski definition) is 1. The summed E-state index contributed by atoms with van der Waals surface area (Å²) < 4.78 is 5.03. The summed E-state index contributed by atoms with van der Waals surface area (Å²) in [6, 6.07) is 0. The minimum atomic E-state index is -0.467. The molecule has 1 aliphatic heterocycles. The molecule has 0 radical (unpaired) electrons. The first-order valence-electron chi connectivity index (χ1n) is 4.82. The van der Waals surface area contributed by atoms with Crippen LogP contribution in [0.5, 0.6) is 0 Å². The Kier molecular flexibility index (Phi) is 7.34. The summed E-state index contributed by atoms with van der Waals surface area (Å²) in [5, 5.41) is 0.517. The molecule has 0 aromatic rings. The lowest BCUT2D eigenvalue weighted by molar-refractivity contribution is -0.141. The summed E-state index contributed by atoms with van der Waals surface area (Å²) in [5.74, 6) is 1.04. The largest absolute Gasteiger partial charge is 0.370 e. The number of carbonyl (C=O) groups excluding carboxylic acids is 1. The molecule has 1 heterocycles. The molecule has 1 saturated heterocycles. The van der Waals surface area contributed by atoms with Gasteiger partial charge in [-0.05, 0) is 0 Å². The van der Waals surface area contributed by atoms with Crippen LogP contribution in [0.4, 0.5) is 0 Å². The van der Waals surface area contributed by atoms with Crippen LogP contribution in [0.25, 0.3) is 0 Å². The van der Waals surface area contributed by atoms with Crippen LogP contribution < -0.4 is 5.73 Å². The van der Waals surface area contributed by atoms with Gasteiger partial charge in [0.1, 0.15) is 6.10 Å². The summed E-state index contributed by atoms with van der Waals surface area (Å²) in [6.45, 7) is 4.01. The molecule has 0 bridgehead atoms. The van der Waals surface area contributed by atoms with Crippen LogP contribution in [-0.2, 0) is 9.53 Å². The molecule has 0 aliphatic carbocycles. The van der Waals surface area contributed by atoms with Gasteiger partial charge in [0, 0.05) is 37.7 Å². The predicted molar refractivity (Wildman–Crippen MR) is 65.6 cm³/mol. The fourth-order valence-corrected chi connectivity index (χ4v) is 2.53. The van der Waals surface area contributed by atoms with Crippen molar-refractivity contribution in [1.82, 2.24) is 4.90 Å². The van der Waals surface area contributed by atoms with E-state index >= 15 is 0 Å². The molecule has 6 heteroatoms. The van der Waals surface area contributed by atoms with Crippen LogP contribution in [0, 0.1) is 0 Å². The molecule has 1 aliphatic rings. The summed E-state index contributed by atoms with van der Waals surface area (Å²) in [6.07, 6.45) is -0.467. The number of hydrogen-bond acceptors (Lipinski definition) is 4. The first-order chi connectivity index (χ1) is 6.69.